The minimum absolute atomic E-state index is 0.185. The highest BCUT2D eigenvalue weighted by Gasteiger charge is 2.24. The summed E-state index contributed by atoms with van der Waals surface area (Å²) in [6, 6.07) is 1.44. The van der Waals surface area contributed by atoms with Crippen LogP contribution in [0.3, 0.4) is 0 Å². The number of thioether (sulfide) groups is 1. The molecular weight excluding hydrogens is 394 g/mol. The van der Waals surface area contributed by atoms with E-state index < -0.39 is 0 Å². The van der Waals surface area contributed by atoms with Gasteiger partial charge in [-0.05, 0) is 50.8 Å². The first kappa shape index (κ1) is 26.7. The lowest BCUT2D eigenvalue weighted by atomic mass is 10.1. The van der Waals surface area contributed by atoms with Gasteiger partial charge in [-0.15, -0.1) is 5.10 Å². The summed E-state index contributed by atoms with van der Waals surface area (Å²) in [7, 11) is 0. The Morgan fingerprint density at radius 2 is 1.33 bits per heavy atom. The number of fused-ring (bicyclic) bond motifs is 1. The van der Waals surface area contributed by atoms with Gasteiger partial charge in [0.15, 0.2) is 0 Å². The van der Waals surface area contributed by atoms with Crippen LogP contribution in [0.15, 0.2) is 11.2 Å². The van der Waals surface area contributed by atoms with Gasteiger partial charge in [-0.3, -0.25) is 0 Å². The third-order valence-corrected chi connectivity index (χ3v) is 6.05. The zero-order valence-electron chi connectivity index (χ0n) is 20.1. The van der Waals surface area contributed by atoms with E-state index in [1.165, 1.54) is 104 Å². The van der Waals surface area contributed by atoms with Crippen molar-refractivity contribution in [2.45, 2.75) is 91.1 Å². The molecule has 0 saturated carbocycles. The number of hydrogen-bond donors (Lipinski definition) is 0. The molecule has 0 saturated heterocycles. The summed E-state index contributed by atoms with van der Waals surface area (Å²) in [5, 5.41) is 15.9. The van der Waals surface area contributed by atoms with Crippen molar-refractivity contribution in [1.82, 2.24) is 19.6 Å². The van der Waals surface area contributed by atoms with E-state index in [0.717, 1.165) is 0 Å². The summed E-state index contributed by atoms with van der Waals surface area (Å²) in [4.78, 5) is 8.14. The molecular formula is C23H43N5OS. The Morgan fingerprint density at radius 3 is 1.73 bits per heavy atom. The predicted octanol–water partition coefficient (Wildman–Crippen LogP) is 5.23. The van der Waals surface area contributed by atoms with Crippen molar-refractivity contribution in [2.24, 2.45) is 0 Å². The maximum atomic E-state index is 11.3. The van der Waals surface area contributed by atoms with Crippen LogP contribution in [-0.4, -0.2) is 56.5 Å². The fourth-order valence-corrected chi connectivity index (χ4v) is 4.00. The summed E-state index contributed by atoms with van der Waals surface area (Å²) in [5.41, 5.74) is 0.664. The molecule has 2 aromatic heterocycles. The minimum Gasteiger partial charge on any atom is -0.858 e. The van der Waals surface area contributed by atoms with E-state index in [4.69, 9.17) is 0 Å². The van der Waals surface area contributed by atoms with Crippen molar-refractivity contribution in [3.05, 3.63) is 11.8 Å². The molecule has 172 valence electrons. The summed E-state index contributed by atoms with van der Waals surface area (Å²) in [6.45, 7) is 16.8. The maximum absolute atomic E-state index is 11.3. The monoisotopic (exact) mass is 437 g/mol. The first-order valence-corrected chi connectivity index (χ1v) is 13.0. The second kappa shape index (κ2) is 14.6. The molecule has 2 heterocycles. The number of unbranched alkanes of at least 4 members (excludes halogenated alkanes) is 4. The molecule has 30 heavy (non-hydrogen) atoms. The van der Waals surface area contributed by atoms with E-state index in [2.05, 4.69) is 42.8 Å². The van der Waals surface area contributed by atoms with Crippen LogP contribution in [0.4, 0.5) is 0 Å². The molecule has 0 amide bonds. The first-order chi connectivity index (χ1) is 14.4. The van der Waals surface area contributed by atoms with Gasteiger partial charge in [0.2, 0.25) is 5.16 Å². The van der Waals surface area contributed by atoms with Crippen LogP contribution in [0.5, 0.6) is 5.88 Å². The average Bonchev–Trinajstić information content (AvgIpc) is 3.17. The van der Waals surface area contributed by atoms with Crippen LogP contribution in [0.2, 0.25) is 0 Å². The van der Waals surface area contributed by atoms with E-state index in [1.54, 1.807) is 6.92 Å². The summed E-state index contributed by atoms with van der Waals surface area (Å²) in [6.07, 6.45) is 12.9. The molecule has 2 aromatic rings. The Bertz CT molecular complexity index is 681. The third-order valence-electron chi connectivity index (χ3n) is 5.51. The Morgan fingerprint density at radius 1 is 0.867 bits per heavy atom. The van der Waals surface area contributed by atoms with E-state index >= 15 is 0 Å². The topological polar surface area (TPSA) is 66.1 Å². The highest BCUT2D eigenvalue weighted by Crippen LogP contribution is 2.16. The summed E-state index contributed by atoms with van der Waals surface area (Å²) >= 11 is 1.39. The average molecular weight is 438 g/mol. The van der Waals surface area contributed by atoms with Crippen molar-refractivity contribution >= 4 is 17.5 Å². The van der Waals surface area contributed by atoms with Gasteiger partial charge in [0.1, 0.15) is 0 Å². The van der Waals surface area contributed by atoms with E-state index in [1.807, 2.05) is 6.26 Å². The van der Waals surface area contributed by atoms with E-state index in [-0.39, 0.29) is 5.88 Å². The lowest BCUT2D eigenvalue weighted by Crippen LogP contribution is -2.50. The van der Waals surface area contributed by atoms with Crippen LogP contribution in [0.25, 0.3) is 5.78 Å². The van der Waals surface area contributed by atoms with Crippen LogP contribution in [-0.2, 0) is 0 Å². The third kappa shape index (κ3) is 8.80. The molecule has 7 heteroatoms. The second-order valence-electron chi connectivity index (χ2n) is 8.20. The molecule has 0 unspecified atom stereocenters. The van der Waals surface area contributed by atoms with Gasteiger partial charge in [-0.25, -0.2) is 9.50 Å². The van der Waals surface area contributed by atoms with Crippen molar-refractivity contribution < 1.29 is 9.59 Å². The van der Waals surface area contributed by atoms with Crippen LogP contribution < -0.4 is 5.11 Å². The predicted molar refractivity (Wildman–Crippen MR) is 126 cm³/mol. The van der Waals surface area contributed by atoms with Gasteiger partial charge in [0.25, 0.3) is 5.78 Å². The fraction of sp³-hybridized carbons (Fsp3) is 0.783. The number of rotatable bonds is 13. The second-order valence-corrected chi connectivity index (χ2v) is 8.97. The fourth-order valence-electron chi connectivity index (χ4n) is 3.67. The molecule has 2 rings (SSSR count). The highest BCUT2D eigenvalue weighted by molar-refractivity contribution is 7.98. The zero-order chi connectivity index (χ0) is 22.4. The van der Waals surface area contributed by atoms with Crippen molar-refractivity contribution in [1.29, 1.82) is 0 Å². The van der Waals surface area contributed by atoms with Crippen LogP contribution in [0, 0.1) is 6.92 Å². The SMILES string of the molecule is CCCC[N+](CCCC)(CCCC)CCCC.CSc1nc2nc(C)cc([O-])n2n1. The van der Waals surface area contributed by atoms with Crippen LogP contribution in [0.1, 0.15) is 84.8 Å². The van der Waals surface area contributed by atoms with Gasteiger partial charge in [0.05, 0.1) is 26.2 Å². The normalized spacial score (nSPS) is 11.5. The molecule has 0 spiro atoms. The van der Waals surface area contributed by atoms with E-state index in [9.17, 15) is 5.11 Å². The Kier molecular flexibility index (Phi) is 13.0. The number of aromatic nitrogens is 4. The zero-order valence-corrected chi connectivity index (χ0v) is 20.9. The first-order valence-electron chi connectivity index (χ1n) is 11.8. The number of nitrogens with zero attached hydrogens (tertiary/aromatic N) is 5. The summed E-state index contributed by atoms with van der Waals surface area (Å²) < 4.78 is 2.63. The molecule has 0 aliphatic rings. The van der Waals surface area contributed by atoms with Gasteiger partial charge in [-0.2, -0.15) is 4.98 Å². The summed E-state index contributed by atoms with van der Waals surface area (Å²) in [5.74, 6) is 0.185. The molecule has 0 fully saturated rings. The Labute approximate surface area is 188 Å². The lowest BCUT2D eigenvalue weighted by molar-refractivity contribution is -0.929. The number of hydrogen-bond acceptors (Lipinski definition) is 5. The molecule has 0 aliphatic heterocycles. The van der Waals surface area contributed by atoms with Crippen LogP contribution >= 0.6 is 11.8 Å². The van der Waals surface area contributed by atoms with Crippen molar-refractivity contribution in [3.63, 3.8) is 0 Å². The standard InChI is InChI=1S/C16H36N.C7H8N4OS/c1-5-9-13-17(14-10-6-2,15-11-7-3)16-12-8-4;1-4-3-5(12)11-6(8-4)9-7(10-11)13-2/h5-16H2,1-4H3;3,12H,1-2H3/q+1;/p-1. The Hall–Kier alpha value is -1.34. The lowest BCUT2D eigenvalue weighted by Gasteiger charge is -2.39. The Balaban J connectivity index is 0.000000308. The maximum Gasteiger partial charge on any atom is 0.252 e. The number of aryl methyl sites for hydroxylation is 1. The molecule has 0 aromatic carbocycles. The quantitative estimate of drug-likeness (QED) is 0.317. The van der Waals surface area contributed by atoms with Gasteiger partial charge < -0.3 is 9.59 Å². The molecule has 0 bridgehead atoms. The van der Waals surface area contributed by atoms with Gasteiger partial charge >= 0.3 is 0 Å². The van der Waals surface area contributed by atoms with Gasteiger partial charge in [0, 0.05) is 5.69 Å². The smallest absolute Gasteiger partial charge is 0.252 e. The minimum atomic E-state index is -0.185. The molecule has 0 aliphatic carbocycles. The largest absolute Gasteiger partial charge is 0.858 e. The highest BCUT2D eigenvalue weighted by atomic mass is 32.2. The molecule has 0 radical (unpaired) electrons. The number of quaternary nitrogens is 1. The molecule has 6 nitrogen and oxygen atoms in total. The van der Waals surface area contributed by atoms with Crippen molar-refractivity contribution in [2.75, 3.05) is 32.4 Å². The van der Waals surface area contributed by atoms with Gasteiger partial charge in [-0.1, -0.05) is 65.1 Å². The molecule has 0 atom stereocenters. The molecule has 0 N–H and O–H groups in total. The van der Waals surface area contributed by atoms with Crippen molar-refractivity contribution in [3.8, 4) is 5.88 Å². The van der Waals surface area contributed by atoms with E-state index in [0.29, 0.717) is 16.6 Å².